The Hall–Kier alpha value is -2.30. The van der Waals surface area contributed by atoms with E-state index in [2.05, 4.69) is 5.32 Å². The summed E-state index contributed by atoms with van der Waals surface area (Å²) in [6.45, 7) is 3.96. The van der Waals surface area contributed by atoms with Crippen LogP contribution in [0.5, 0.6) is 0 Å². The van der Waals surface area contributed by atoms with E-state index in [1.807, 2.05) is 18.4 Å². The molecule has 3 rings (SSSR count). The molecule has 0 saturated heterocycles. The van der Waals surface area contributed by atoms with Crippen molar-refractivity contribution in [2.45, 2.75) is 25.9 Å². The van der Waals surface area contributed by atoms with Crippen molar-refractivity contribution >= 4 is 22.8 Å². The smallest absolute Gasteiger partial charge is 0.335 e. The molecule has 2 N–H and O–H groups in total. The van der Waals surface area contributed by atoms with Crippen LogP contribution >= 0.6 is 0 Å². The number of benzene rings is 1. The monoisotopic (exact) mass is 258 g/mol. The maximum Gasteiger partial charge on any atom is 0.335 e. The van der Waals surface area contributed by atoms with Crippen molar-refractivity contribution in [1.29, 1.82) is 0 Å². The van der Waals surface area contributed by atoms with Crippen LogP contribution < -0.4 is 5.32 Å². The normalized spacial score (nSPS) is 22.1. The highest BCUT2D eigenvalue weighted by Crippen LogP contribution is 2.29. The van der Waals surface area contributed by atoms with Crippen molar-refractivity contribution in [3.63, 3.8) is 0 Å². The average molecular weight is 258 g/mol. The molecule has 1 aliphatic rings. The minimum atomic E-state index is -0.960. The number of rotatable bonds is 1. The van der Waals surface area contributed by atoms with Crippen molar-refractivity contribution in [2.24, 2.45) is 0 Å². The van der Waals surface area contributed by atoms with E-state index in [0.29, 0.717) is 5.69 Å². The predicted molar refractivity (Wildman–Crippen MR) is 70.5 cm³/mol. The van der Waals surface area contributed by atoms with Gasteiger partial charge in [0.15, 0.2) is 0 Å². The van der Waals surface area contributed by atoms with Crippen LogP contribution in [0.3, 0.4) is 0 Å². The van der Waals surface area contributed by atoms with Crippen LogP contribution in [0.15, 0.2) is 24.3 Å². The van der Waals surface area contributed by atoms with E-state index in [-0.39, 0.29) is 23.6 Å². The fourth-order valence-corrected chi connectivity index (χ4v) is 2.59. The molecule has 2 aromatic rings. The van der Waals surface area contributed by atoms with E-state index >= 15 is 0 Å². The van der Waals surface area contributed by atoms with Gasteiger partial charge in [0.25, 0.3) is 5.91 Å². The topological polar surface area (TPSA) is 71.3 Å². The highest BCUT2D eigenvalue weighted by molar-refractivity contribution is 6.01. The van der Waals surface area contributed by atoms with Crippen molar-refractivity contribution in [2.75, 3.05) is 0 Å². The molecule has 1 aromatic heterocycles. The standard InChI is InChI=1S/C14H14N2O3/c1-7-8(2)16-11-6-10(14(18)19)4-3-9(11)5-12(16)13(17)15-7/h3-8H,1-2H3,(H,15,17)(H,18,19)/t7-,8+/m0/s1. The second kappa shape index (κ2) is 3.85. The summed E-state index contributed by atoms with van der Waals surface area (Å²) < 4.78 is 1.92. The lowest BCUT2D eigenvalue weighted by Crippen LogP contribution is -2.44. The Kier molecular flexibility index (Phi) is 2.38. The third-order valence-electron chi connectivity index (χ3n) is 3.81. The third kappa shape index (κ3) is 1.62. The van der Waals surface area contributed by atoms with Crippen LogP contribution in [0.25, 0.3) is 10.9 Å². The first-order valence-corrected chi connectivity index (χ1v) is 6.18. The molecule has 1 aliphatic heterocycles. The van der Waals surface area contributed by atoms with Crippen molar-refractivity contribution < 1.29 is 14.7 Å². The third-order valence-corrected chi connectivity index (χ3v) is 3.81. The largest absolute Gasteiger partial charge is 0.478 e. The number of carbonyl (C=O) groups is 2. The van der Waals surface area contributed by atoms with Gasteiger partial charge in [-0.25, -0.2) is 4.79 Å². The Morgan fingerprint density at radius 1 is 1.32 bits per heavy atom. The van der Waals surface area contributed by atoms with E-state index in [1.165, 1.54) is 0 Å². The number of aromatic carboxylic acids is 1. The number of carboxylic acid groups (broad SMARTS) is 1. The number of nitrogens with zero attached hydrogens (tertiary/aromatic N) is 1. The number of carbonyl (C=O) groups excluding carboxylic acids is 1. The summed E-state index contributed by atoms with van der Waals surface area (Å²) in [5.74, 6) is -1.07. The predicted octanol–water partition coefficient (Wildman–Crippen LogP) is 2.03. The van der Waals surface area contributed by atoms with Crippen molar-refractivity contribution in [1.82, 2.24) is 9.88 Å². The second-order valence-electron chi connectivity index (χ2n) is 4.98. The van der Waals surface area contributed by atoms with Gasteiger partial charge < -0.3 is 15.0 Å². The zero-order valence-corrected chi connectivity index (χ0v) is 10.7. The lowest BCUT2D eigenvalue weighted by Gasteiger charge is -2.30. The van der Waals surface area contributed by atoms with Gasteiger partial charge in [-0.3, -0.25) is 4.79 Å². The molecule has 5 nitrogen and oxygen atoms in total. The number of aromatic nitrogens is 1. The molecule has 0 bridgehead atoms. The fraction of sp³-hybridized carbons (Fsp3) is 0.286. The Bertz CT molecular complexity index is 702. The summed E-state index contributed by atoms with van der Waals surface area (Å²) >= 11 is 0. The number of carboxylic acids is 1. The van der Waals surface area contributed by atoms with Gasteiger partial charge in [0.2, 0.25) is 0 Å². The molecule has 0 radical (unpaired) electrons. The minimum absolute atomic E-state index is 0.0177. The Morgan fingerprint density at radius 3 is 2.74 bits per heavy atom. The van der Waals surface area contributed by atoms with E-state index in [4.69, 9.17) is 5.11 Å². The van der Waals surface area contributed by atoms with E-state index in [1.54, 1.807) is 24.3 Å². The van der Waals surface area contributed by atoms with Crippen LogP contribution in [0, 0.1) is 0 Å². The Balaban J connectivity index is 2.31. The molecule has 1 amide bonds. The van der Waals surface area contributed by atoms with Gasteiger partial charge in [-0.2, -0.15) is 0 Å². The van der Waals surface area contributed by atoms with E-state index < -0.39 is 5.97 Å². The van der Waals surface area contributed by atoms with Gasteiger partial charge in [-0.15, -0.1) is 0 Å². The first kappa shape index (κ1) is 11.8. The van der Waals surface area contributed by atoms with Crippen LogP contribution in [0.1, 0.15) is 40.7 Å². The molecular formula is C14H14N2O3. The number of fused-ring (bicyclic) bond motifs is 3. The van der Waals surface area contributed by atoms with Gasteiger partial charge in [0.05, 0.1) is 11.6 Å². The molecular weight excluding hydrogens is 244 g/mol. The molecule has 2 heterocycles. The average Bonchev–Trinajstić information content (AvgIpc) is 2.75. The molecule has 0 saturated carbocycles. The molecule has 98 valence electrons. The van der Waals surface area contributed by atoms with Crippen molar-refractivity contribution in [3.05, 3.63) is 35.5 Å². The SMILES string of the molecule is C[C@@H]1NC(=O)c2cc3ccc(C(=O)O)cc3n2[C@@H]1C. The van der Waals surface area contributed by atoms with Crippen LogP contribution in [0.4, 0.5) is 0 Å². The maximum atomic E-state index is 12.0. The second-order valence-corrected chi connectivity index (χ2v) is 4.98. The quantitative estimate of drug-likeness (QED) is 0.822. The van der Waals surface area contributed by atoms with Gasteiger partial charge in [-0.1, -0.05) is 6.07 Å². The number of hydrogen-bond donors (Lipinski definition) is 2. The Labute approximate surface area is 109 Å². The summed E-state index contributed by atoms with van der Waals surface area (Å²) in [6.07, 6.45) is 0. The van der Waals surface area contributed by atoms with Crippen LogP contribution in [-0.2, 0) is 0 Å². The molecule has 5 heteroatoms. The van der Waals surface area contributed by atoms with Crippen LogP contribution in [0.2, 0.25) is 0 Å². The van der Waals surface area contributed by atoms with Gasteiger partial charge >= 0.3 is 5.97 Å². The first-order valence-electron chi connectivity index (χ1n) is 6.18. The highest BCUT2D eigenvalue weighted by atomic mass is 16.4. The lowest BCUT2D eigenvalue weighted by molar-refractivity contribution is 0.0696. The molecule has 0 fully saturated rings. The zero-order chi connectivity index (χ0) is 13.7. The summed E-state index contributed by atoms with van der Waals surface area (Å²) in [6, 6.07) is 6.84. The van der Waals surface area contributed by atoms with Gasteiger partial charge in [0, 0.05) is 16.9 Å². The summed E-state index contributed by atoms with van der Waals surface area (Å²) in [7, 11) is 0. The van der Waals surface area contributed by atoms with E-state index in [0.717, 1.165) is 10.9 Å². The van der Waals surface area contributed by atoms with Gasteiger partial charge in [-0.05, 0) is 32.0 Å². The summed E-state index contributed by atoms with van der Waals surface area (Å²) in [5, 5.41) is 12.9. The number of amides is 1. The molecule has 2 atom stereocenters. The molecule has 1 aromatic carbocycles. The fourth-order valence-electron chi connectivity index (χ4n) is 2.59. The molecule has 0 unspecified atom stereocenters. The molecule has 0 spiro atoms. The molecule has 0 aliphatic carbocycles. The zero-order valence-electron chi connectivity index (χ0n) is 10.7. The van der Waals surface area contributed by atoms with Gasteiger partial charge in [0.1, 0.15) is 5.69 Å². The number of hydrogen-bond acceptors (Lipinski definition) is 2. The highest BCUT2D eigenvalue weighted by Gasteiger charge is 2.29. The van der Waals surface area contributed by atoms with Crippen molar-refractivity contribution in [3.8, 4) is 0 Å². The Morgan fingerprint density at radius 2 is 2.05 bits per heavy atom. The first-order chi connectivity index (χ1) is 8.99. The minimum Gasteiger partial charge on any atom is -0.478 e. The van der Waals surface area contributed by atoms with Crippen LogP contribution in [-0.4, -0.2) is 27.6 Å². The van der Waals surface area contributed by atoms with E-state index in [9.17, 15) is 9.59 Å². The summed E-state index contributed by atoms with van der Waals surface area (Å²) in [5.41, 5.74) is 1.62. The molecule has 19 heavy (non-hydrogen) atoms. The summed E-state index contributed by atoms with van der Waals surface area (Å²) in [4.78, 5) is 23.0. The number of nitrogens with one attached hydrogen (secondary N) is 1. The lowest BCUT2D eigenvalue weighted by atomic mass is 10.1. The maximum absolute atomic E-state index is 12.0.